The molecule has 412 valence electrons. The van der Waals surface area contributed by atoms with Crippen molar-refractivity contribution in [3.63, 3.8) is 0 Å². The highest BCUT2D eigenvalue weighted by Gasteiger charge is 2.20. The van der Waals surface area contributed by atoms with Crippen molar-refractivity contribution in [3.8, 4) is 22.6 Å². The third-order valence-corrected chi connectivity index (χ3v) is 18.7. The van der Waals surface area contributed by atoms with Crippen molar-refractivity contribution in [1.29, 1.82) is 0 Å². The Morgan fingerprint density at radius 1 is 0.711 bits per heavy atom. The van der Waals surface area contributed by atoms with E-state index < -0.39 is 0 Å². The van der Waals surface area contributed by atoms with Gasteiger partial charge in [-0.15, -0.1) is 18.3 Å². The first-order valence-corrected chi connectivity index (χ1v) is 32.5. The summed E-state index contributed by atoms with van der Waals surface area (Å²) in [5.74, 6) is 5.31. The predicted octanol–water partition coefficient (Wildman–Crippen LogP) is 18.4. The van der Waals surface area contributed by atoms with Crippen LogP contribution in [0.3, 0.4) is 0 Å². The van der Waals surface area contributed by atoms with Gasteiger partial charge in [-0.25, -0.2) is 0 Å². The van der Waals surface area contributed by atoms with Crippen LogP contribution < -0.4 is 9.47 Å². The van der Waals surface area contributed by atoms with Crippen molar-refractivity contribution in [2.75, 3.05) is 31.0 Å². The fourth-order valence-electron chi connectivity index (χ4n) is 5.95. The zero-order chi connectivity index (χ0) is 56.4. The zero-order valence-electron chi connectivity index (χ0n) is 44.9. The molecule has 0 fully saturated rings. The average molecular weight is 1220 g/mol. The number of Topliss-reactive ketones (excluding diaryl/α,β-unsaturated/α-hetero) is 5. The molecule has 0 bridgehead atoms. The molecule has 0 saturated carbocycles. The van der Waals surface area contributed by atoms with Crippen LogP contribution in [0.15, 0.2) is 102 Å². The smallest absolute Gasteiger partial charge is 0.172 e. The lowest BCUT2D eigenvalue weighted by molar-refractivity contribution is -0.124. The number of carbonyl (C=O) groups is 5. The molecule has 0 atom stereocenters. The number of methoxy groups -OCH3 is 1. The molecule has 4 aromatic rings. The Balaban J connectivity index is 0.000000483. The second-order valence-corrected chi connectivity index (χ2v) is 27.7. The number of allylic oxidation sites excluding steroid dienone is 3. The number of ketones is 5. The number of benzene rings is 3. The first-order chi connectivity index (χ1) is 35.4. The molecule has 0 aliphatic carbocycles. The van der Waals surface area contributed by atoms with E-state index in [1.165, 1.54) is 11.8 Å². The van der Waals surface area contributed by atoms with Crippen molar-refractivity contribution >= 4 is 162 Å². The van der Waals surface area contributed by atoms with Gasteiger partial charge in [-0.05, 0) is 47.9 Å². The summed E-state index contributed by atoms with van der Waals surface area (Å²) >= 11 is 23.6. The molecule has 6 rings (SSSR count). The number of ether oxygens (including phenoxy) is 2. The van der Waals surface area contributed by atoms with Gasteiger partial charge in [0.25, 0.3) is 0 Å². The lowest BCUT2D eigenvalue weighted by atomic mass is 9.99. The van der Waals surface area contributed by atoms with Gasteiger partial charge in [-0.2, -0.15) is 0 Å². The fourth-order valence-corrected chi connectivity index (χ4v) is 12.8. The van der Waals surface area contributed by atoms with Crippen LogP contribution in [0.2, 0.25) is 0 Å². The number of hydrogen-bond acceptors (Lipinski definition) is 17. The van der Waals surface area contributed by atoms with Gasteiger partial charge < -0.3 is 9.47 Å². The summed E-state index contributed by atoms with van der Waals surface area (Å²) < 4.78 is 12.7. The summed E-state index contributed by atoms with van der Waals surface area (Å²) in [7, 11) is 8.35. The van der Waals surface area contributed by atoms with Crippen LogP contribution in [0.1, 0.15) is 128 Å². The maximum atomic E-state index is 11.8. The highest BCUT2D eigenvalue weighted by molar-refractivity contribution is 8.76. The molecule has 0 amide bonds. The van der Waals surface area contributed by atoms with Gasteiger partial charge >= 0.3 is 0 Å². The fraction of sp³-hybridized carbons (Fsp3) is 0.407. The first-order valence-electron chi connectivity index (χ1n) is 24.3. The summed E-state index contributed by atoms with van der Waals surface area (Å²) in [5, 5.41) is 2.06. The molecular weight excluding hydrogens is 1140 g/mol. The van der Waals surface area contributed by atoms with Crippen molar-refractivity contribution in [1.82, 2.24) is 0 Å². The van der Waals surface area contributed by atoms with Gasteiger partial charge in [0.1, 0.15) is 16.2 Å². The second kappa shape index (κ2) is 37.6. The quantitative estimate of drug-likeness (QED) is 0.0260. The SMILES string of the molecule is C.C=CCSSCCC(=O)C(C)C.CC(=S)c1ccc(C(=O)C(C)C)cc1.CC(C)C(=O)C1=CCC(=S)S1.CC(C)C(=O)c1ccc(-c2cssc2=S)cc1.COc1cc(C2=CC(=S)CS2)ccc1OCC(=O)C(C)C. The van der Waals surface area contributed by atoms with Crippen molar-refractivity contribution in [2.24, 2.45) is 29.6 Å². The van der Waals surface area contributed by atoms with Gasteiger partial charge in [0.05, 0.1) is 16.2 Å². The third kappa shape index (κ3) is 25.7. The molecule has 7 nitrogen and oxygen atoms in total. The minimum absolute atomic E-state index is 0. The maximum absolute atomic E-state index is 11.8. The Morgan fingerprint density at radius 3 is 1.68 bits per heavy atom. The highest BCUT2D eigenvalue weighted by atomic mass is 33.1. The Hall–Kier alpha value is -3.23. The van der Waals surface area contributed by atoms with Crippen LogP contribution in [0.25, 0.3) is 16.0 Å². The first kappa shape index (κ1) is 70.8. The van der Waals surface area contributed by atoms with Crippen LogP contribution in [0, 0.1) is 33.4 Å². The van der Waals surface area contributed by atoms with Crippen LogP contribution in [-0.4, -0.2) is 73.8 Å². The molecule has 3 heterocycles. The highest BCUT2D eigenvalue weighted by Crippen LogP contribution is 2.38. The van der Waals surface area contributed by atoms with Gasteiger partial charge in [0, 0.05) is 96.4 Å². The van der Waals surface area contributed by atoms with Crippen LogP contribution >= 0.6 is 115 Å². The molecule has 0 spiro atoms. The molecule has 17 heteroatoms. The van der Waals surface area contributed by atoms with E-state index in [-0.39, 0.29) is 66.8 Å². The van der Waals surface area contributed by atoms with E-state index in [0.717, 1.165) is 84.6 Å². The van der Waals surface area contributed by atoms with E-state index in [4.69, 9.17) is 58.3 Å². The normalized spacial score (nSPS) is 12.4. The molecule has 2 aliphatic rings. The molecule has 2 aliphatic heterocycles. The second-order valence-electron chi connectivity index (χ2n) is 18.3. The molecular formula is C59H74O7S10. The largest absolute Gasteiger partial charge is 0.493 e. The minimum atomic E-state index is -0.0312. The topological polar surface area (TPSA) is 104 Å². The predicted molar refractivity (Wildman–Crippen MR) is 351 cm³/mol. The summed E-state index contributed by atoms with van der Waals surface area (Å²) in [5.41, 5.74) is 5.79. The van der Waals surface area contributed by atoms with E-state index >= 15 is 0 Å². The molecule has 0 N–H and O–H groups in total. The Morgan fingerprint density at radius 2 is 1.25 bits per heavy atom. The van der Waals surface area contributed by atoms with Crippen molar-refractivity contribution < 1.29 is 33.4 Å². The zero-order valence-corrected chi connectivity index (χ0v) is 53.1. The monoisotopic (exact) mass is 1210 g/mol. The van der Waals surface area contributed by atoms with Gasteiger partial charge in [0.2, 0.25) is 0 Å². The Kier molecular flexibility index (Phi) is 35.0. The molecule has 0 unspecified atom stereocenters. The van der Waals surface area contributed by atoms with Crippen LogP contribution in [0.4, 0.5) is 0 Å². The van der Waals surface area contributed by atoms with Gasteiger partial charge in [-0.1, -0.05) is 240 Å². The van der Waals surface area contributed by atoms with E-state index in [1.807, 2.05) is 161 Å². The van der Waals surface area contributed by atoms with E-state index in [0.29, 0.717) is 23.7 Å². The Bertz CT molecular complexity index is 2710. The van der Waals surface area contributed by atoms with E-state index in [9.17, 15) is 24.0 Å². The van der Waals surface area contributed by atoms with E-state index in [2.05, 4.69) is 12.0 Å². The summed E-state index contributed by atoms with van der Waals surface area (Å²) in [6, 6.07) is 20.9. The Labute approximate surface area is 498 Å². The van der Waals surface area contributed by atoms with Gasteiger partial charge in [0.15, 0.2) is 34.6 Å². The van der Waals surface area contributed by atoms with Gasteiger partial charge in [-0.3, -0.25) is 24.0 Å². The number of carbonyl (C=O) groups excluding carboxylic acids is 5. The van der Waals surface area contributed by atoms with E-state index in [1.54, 1.807) is 61.1 Å². The molecule has 1 aromatic heterocycles. The van der Waals surface area contributed by atoms with Crippen molar-refractivity contribution in [2.45, 2.75) is 96.4 Å². The average Bonchev–Trinajstić information content (AvgIpc) is 4.16. The molecule has 0 radical (unpaired) electrons. The number of hydrogen-bond donors (Lipinski definition) is 0. The number of thiocarbonyl (C=S) groups is 3. The maximum Gasteiger partial charge on any atom is 0.172 e. The lowest BCUT2D eigenvalue weighted by Crippen LogP contribution is -2.17. The standard InChI is InChI=1S/C16H18O3S2.C13H12OS3.C12H14OS.C9H16OS2.C8H10OS2.CH4/c1-10(2)13(17)8-19-14-5-4-11(6-15(14)18-3)16-7-12(20)9-21-16;1-8(2)12(14)10-5-3-9(4-6-10)11-7-16-17-13(11)15;1-8(2)12(13)11-6-4-10(5-7-11)9(3)14;1-4-6-11-12-7-5-9(10)8(2)3;1-5(2)8(9)6-3-4-7(10)11-6;/h4-7,10H,8-9H2,1-3H3;3-8H,1-2H3;4-8H,1-3H3;4,8H,1,5-7H2,2-3H3;3,5H,4H2,1-2H3;1H4. The third-order valence-electron chi connectivity index (χ3n) is 10.5. The molecule has 3 aromatic carbocycles. The summed E-state index contributed by atoms with van der Waals surface area (Å²) in [6.07, 6.45) is 7.30. The minimum Gasteiger partial charge on any atom is -0.493 e. The number of thioether (sulfide) groups is 2. The summed E-state index contributed by atoms with van der Waals surface area (Å²) in [4.78, 5) is 61.3. The molecule has 0 saturated heterocycles. The van der Waals surface area contributed by atoms with Crippen LogP contribution in [-0.2, 0) is 14.4 Å². The summed E-state index contributed by atoms with van der Waals surface area (Å²) in [6.45, 7) is 24.6. The lowest BCUT2D eigenvalue weighted by Gasteiger charge is -2.13. The van der Waals surface area contributed by atoms with Crippen molar-refractivity contribution in [3.05, 3.63) is 128 Å². The molecule has 76 heavy (non-hydrogen) atoms. The van der Waals surface area contributed by atoms with Crippen LogP contribution in [0.5, 0.6) is 11.5 Å². The number of rotatable bonds is 21.